The van der Waals surface area contributed by atoms with E-state index in [9.17, 15) is 9.90 Å². The first-order chi connectivity index (χ1) is 8.50. The summed E-state index contributed by atoms with van der Waals surface area (Å²) in [6, 6.07) is -0.723. The number of carboxylic acids is 1. The van der Waals surface area contributed by atoms with Gasteiger partial charge in [-0.15, -0.1) is 0 Å². The number of halogens is 1. The van der Waals surface area contributed by atoms with Crippen molar-refractivity contribution < 1.29 is 9.90 Å². The number of hydrogen-bond acceptors (Lipinski definition) is 4. The van der Waals surface area contributed by atoms with Gasteiger partial charge < -0.3 is 14.6 Å². The van der Waals surface area contributed by atoms with E-state index >= 15 is 0 Å². The second-order valence-corrected chi connectivity index (χ2v) is 4.97. The minimum Gasteiger partial charge on any atom is -0.480 e. The van der Waals surface area contributed by atoms with Crippen LogP contribution in [0.3, 0.4) is 0 Å². The molecule has 1 unspecified atom stereocenters. The van der Waals surface area contributed by atoms with Crippen LogP contribution in [0.15, 0.2) is 6.33 Å². The molecule has 0 saturated carbocycles. The van der Waals surface area contributed by atoms with Crippen molar-refractivity contribution in [2.24, 2.45) is 7.05 Å². The predicted molar refractivity (Wildman–Crippen MR) is 67.7 cm³/mol. The standard InChI is InChI=1S/C11H17ClN4O2/c1-14-3-5-16(6-4-14)9(11(17)18)8-10(12)13-7-15(8)2/h7,9H,3-6H2,1-2H3,(H,17,18). The van der Waals surface area contributed by atoms with Crippen LogP contribution in [-0.2, 0) is 11.8 Å². The Morgan fingerprint density at radius 1 is 1.39 bits per heavy atom. The zero-order valence-corrected chi connectivity index (χ0v) is 11.3. The molecule has 1 saturated heterocycles. The van der Waals surface area contributed by atoms with Crippen LogP contribution in [0.2, 0.25) is 5.15 Å². The largest absolute Gasteiger partial charge is 0.480 e. The maximum absolute atomic E-state index is 11.5. The molecular formula is C11H17ClN4O2. The Labute approximate surface area is 111 Å². The summed E-state index contributed by atoms with van der Waals surface area (Å²) in [7, 11) is 3.80. The Balaban J connectivity index is 2.27. The number of likely N-dealkylation sites (N-methyl/N-ethyl adjacent to an activating group) is 1. The van der Waals surface area contributed by atoms with E-state index < -0.39 is 12.0 Å². The summed E-state index contributed by atoms with van der Waals surface area (Å²) in [6.45, 7) is 3.16. The summed E-state index contributed by atoms with van der Waals surface area (Å²) < 4.78 is 1.68. The molecule has 1 aliphatic rings. The highest BCUT2D eigenvalue weighted by atomic mass is 35.5. The Morgan fingerprint density at radius 3 is 2.44 bits per heavy atom. The number of carboxylic acid groups (broad SMARTS) is 1. The SMILES string of the molecule is CN1CCN(C(C(=O)O)c2c(Cl)ncn2C)CC1. The first kappa shape index (κ1) is 13.3. The molecule has 7 heteroatoms. The van der Waals surface area contributed by atoms with Gasteiger partial charge in [0, 0.05) is 33.2 Å². The molecule has 1 atom stereocenters. The highest BCUT2D eigenvalue weighted by Gasteiger charge is 2.33. The first-order valence-corrected chi connectivity index (χ1v) is 6.20. The predicted octanol–water partition coefficient (Wildman–Crippen LogP) is 0.447. The normalized spacial score (nSPS) is 19.9. The highest BCUT2D eigenvalue weighted by Crippen LogP contribution is 2.27. The van der Waals surface area contributed by atoms with Gasteiger partial charge in [0.15, 0.2) is 11.2 Å². The summed E-state index contributed by atoms with van der Waals surface area (Å²) in [5, 5.41) is 9.72. The van der Waals surface area contributed by atoms with Gasteiger partial charge in [0.05, 0.1) is 12.0 Å². The van der Waals surface area contributed by atoms with E-state index in [1.54, 1.807) is 17.9 Å². The Kier molecular flexibility index (Phi) is 3.89. The smallest absolute Gasteiger partial charge is 0.327 e. The van der Waals surface area contributed by atoms with Crippen LogP contribution >= 0.6 is 11.6 Å². The van der Waals surface area contributed by atoms with Crippen molar-refractivity contribution in [1.29, 1.82) is 0 Å². The fourth-order valence-electron chi connectivity index (χ4n) is 2.24. The summed E-state index contributed by atoms with van der Waals surface area (Å²) >= 11 is 6.00. The molecule has 1 aromatic heterocycles. The number of carbonyl (C=O) groups is 1. The number of hydrogen-bond donors (Lipinski definition) is 1. The number of aromatic nitrogens is 2. The zero-order valence-electron chi connectivity index (χ0n) is 10.5. The maximum atomic E-state index is 11.5. The Morgan fingerprint density at radius 2 is 2.00 bits per heavy atom. The van der Waals surface area contributed by atoms with Crippen molar-refractivity contribution in [3.8, 4) is 0 Å². The van der Waals surface area contributed by atoms with Gasteiger partial charge in [-0.25, -0.2) is 4.98 Å². The highest BCUT2D eigenvalue weighted by molar-refractivity contribution is 6.30. The van der Waals surface area contributed by atoms with Crippen LogP contribution in [-0.4, -0.2) is 63.7 Å². The second-order valence-electron chi connectivity index (χ2n) is 4.61. The number of aliphatic carboxylic acids is 1. The van der Waals surface area contributed by atoms with Crippen LogP contribution in [0.4, 0.5) is 0 Å². The van der Waals surface area contributed by atoms with E-state index in [0.29, 0.717) is 5.69 Å². The maximum Gasteiger partial charge on any atom is 0.327 e. The van der Waals surface area contributed by atoms with Gasteiger partial charge in [0.2, 0.25) is 0 Å². The van der Waals surface area contributed by atoms with Crippen LogP contribution in [0.5, 0.6) is 0 Å². The zero-order chi connectivity index (χ0) is 13.3. The molecule has 1 aliphatic heterocycles. The summed E-state index contributed by atoms with van der Waals surface area (Å²) in [5.74, 6) is -0.884. The van der Waals surface area contributed by atoms with Crippen molar-refractivity contribution in [3.63, 3.8) is 0 Å². The molecule has 100 valence electrons. The lowest BCUT2D eigenvalue weighted by molar-refractivity contribution is -0.144. The number of piperazine rings is 1. The van der Waals surface area contributed by atoms with Crippen molar-refractivity contribution >= 4 is 17.6 Å². The van der Waals surface area contributed by atoms with E-state index in [2.05, 4.69) is 9.88 Å². The van der Waals surface area contributed by atoms with Crippen LogP contribution < -0.4 is 0 Å². The van der Waals surface area contributed by atoms with Gasteiger partial charge in [-0.3, -0.25) is 9.69 Å². The van der Waals surface area contributed by atoms with E-state index in [-0.39, 0.29) is 5.15 Å². The van der Waals surface area contributed by atoms with Crippen LogP contribution in [0.25, 0.3) is 0 Å². The lowest BCUT2D eigenvalue weighted by Gasteiger charge is -2.36. The fraction of sp³-hybridized carbons (Fsp3) is 0.636. The molecule has 2 heterocycles. The third kappa shape index (κ3) is 2.50. The van der Waals surface area contributed by atoms with Gasteiger partial charge in [-0.05, 0) is 7.05 Å². The number of rotatable bonds is 3. The summed E-state index contributed by atoms with van der Waals surface area (Å²) in [6.07, 6.45) is 1.55. The molecule has 0 bridgehead atoms. The molecule has 1 fully saturated rings. The van der Waals surface area contributed by atoms with E-state index in [4.69, 9.17) is 11.6 Å². The minimum atomic E-state index is -0.884. The van der Waals surface area contributed by atoms with E-state index in [0.717, 1.165) is 26.2 Å². The minimum absolute atomic E-state index is 0.267. The van der Waals surface area contributed by atoms with E-state index in [1.165, 1.54) is 0 Å². The Bertz CT molecular complexity index is 421. The molecule has 0 aliphatic carbocycles. The molecule has 6 nitrogen and oxygen atoms in total. The quantitative estimate of drug-likeness (QED) is 0.866. The average molecular weight is 273 g/mol. The molecule has 2 rings (SSSR count). The third-order valence-electron chi connectivity index (χ3n) is 3.33. The summed E-state index contributed by atoms with van der Waals surface area (Å²) in [5.41, 5.74) is 0.550. The molecule has 18 heavy (non-hydrogen) atoms. The molecule has 0 spiro atoms. The molecule has 0 amide bonds. The number of aryl methyl sites for hydroxylation is 1. The van der Waals surface area contributed by atoms with Gasteiger partial charge in [-0.1, -0.05) is 11.6 Å². The molecule has 0 radical (unpaired) electrons. The Hall–Kier alpha value is -1.11. The molecule has 1 aromatic rings. The van der Waals surface area contributed by atoms with Gasteiger partial charge in [0.25, 0.3) is 0 Å². The first-order valence-electron chi connectivity index (χ1n) is 5.83. The van der Waals surface area contributed by atoms with Crippen molar-refractivity contribution in [1.82, 2.24) is 19.4 Å². The number of nitrogens with zero attached hydrogens (tertiary/aromatic N) is 4. The van der Waals surface area contributed by atoms with Crippen LogP contribution in [0.1, 0.15) is 11.7 Å². The number of imidazole rings is 1. The monoisotopic (exact) mass is 272 g/mol. The van der Waals surface area contributed by atoms with Gasteiger partial charge >= 0.3 is 5.97 Å². The molecule has 0 aromatic carbocycles. The van der Waals surface area contributed by atoms with Gasteiger partial charge in [0.1, 0.15) is 0 Å². The second kappa shape index (κ2) is 5.26. The van der Waals surface area contributed by atoms with Gasteiger partial charge in [-0.2, -0.15) is 0 Å². The lowest BCUT2D eigenvalue weighted by atomic mass is 10.1. The fourth-order valence-corrected chi connectivity index (χ4v) is 2.52. The van der Waals surface area contributed by atoms with Crippen molar-refractivity contribution in [2.45, 2.75) is 6.04 Å². The van der Waals surface area contributed by atoms with E-state index in [1.807, 2.05) is 11.9 Å². The topological polar surface area (TPSA) is 61.6 Å². The average Bonchev–Trinajstić information content (AvgIpc) is 2.63. The van der Waals surface area contributed by atoms with Crippen molar-refractivity contribution in [3.05, 3.63) is 17.2 Å². The van der Waals surface area contributed by atoms with Crippen LogP contribution in [0, 0.1) is 0 Å². The van der Waals surface area contributed by atoms with Crippen molar-refractivity contribution in [2.75, 3.05) is 33.2 Å². The molecule has 1 N–H and O–H groups in total. The lowest BCUT2D eigenvalue weighted by Crippen LogP contribution is -2.48. The summed E-state index contributed by atoms with van der Waals surface area (Å²) in [4.78, 5) is 19.6. The molecular weight excluding hydrogens is 256 g/mol. The third-order valence-corrected chi connectivity index (χ3v) is 3.62.